The molecule has 0 unspecified atom stereocenters. The van der Waals surface area contributed by atoms with Crippen LogP contribution < -0.4 is 5.32 Å². The van der Waals surface area contributed by atoms with E-state index in [1.807, 2.05) is 0 Å². The second-order valence-corrected chi connectivity index (χ2v) is 3.82. The number of carboxylic acid groups (broad SMARTS) is 1. The normalized spacial score (nSPS) is 10.2. The zero-order valence-electron chi connectivity index (χ0n) is 10.2. The van der Waals surface area contributed by atoms with Gasteiger partial charge in [0.25, 0.3) is 5.91 Å². The highest BCUT2D eigenvalue weighted by atomic mass is 16.4. The van der Waals surface area contributed by atoms with Crippen molar-refractivity contribution in [2.24, 2.45) is 0 Å². The van der Waals surface area contributed by atoms with Gasteiger partial charge in [0.1, 0.15) is 5.69 Å². The highest BCUT2D eigenvalue weighted by Crippen LogP contribution is 2.03. The summed E-state index contributed by atoms with van der Waals surface area (Å²) in [6.07, 6.45) is 2.96. The minimum absolute atomic E-state index is 0.135. The van der Waals surface area contributed by atoms with Crippen LogP contribution in [0.5, 0.6) is 0 Å². The van der Waals surface area contributed by atoms with E-state index in [2.05, 4.69) is 15.4 Å². The van der Waals surface area contributed by atoms with Gasteiger partial charge >= 0.3 is 5.97 Å². The molecule has 0 aliphatic rings. The maximum Gasteiger partial charge on any atom is 0.337 e. The summed E-state index contributed by atoms with van der Waals surface area (Å²) in [5.74, 6) is -1.27. The molecule has 0 aromatic carbocycles. The molecule has 0 saturated heterocycles. The first-order valence-corrected chi connectivity index (χ1v) is 5.54. The van der Waals surface area contributed by atoms with E-state index in [4.69, 9.17) is 5.11 Å². The van der Waals surface area contributed by atoms with E-state index in [9.17, 15) is 9.59 Å². The smallest absolute Gasteiger partial charge is 0.337 e. The zero-order valence-corrected chi connectivity index (χ0v) is 10.2. The molecule has 2 heterocycles. The lowest BCUT2D eigenvalue weighted by molar-refractivity contribution is 0.0696. The van der Waals surface area contributed by atoms with E-state index in [-0.39, 0.29) is 11.5 Å². The van der Waals surface area contributed by atoms with Crippen molar-refractivity contribution in [3.8, 4) is 0 Å². The van der Waals surface area contributed by atoms with Crippen molar-refractivity contribution in [3.05, 3.63) is 47.5 Å². The summed E-state index contributed by atoms with van der Waals surface area (Å²) in [7, 11) is 1.54. The molecule has 0 atom stereocenters. The number of hydrogen-bond acceptors (Lipinski definition) is 4. The van der Waals surface area contributed by atoms with Crippen LogP contribution in [-0.2, 0) is 6.54 Å². The summed E-state index contributed by atoms with van der Waals surface area (Å²) in [5, 5.41) is 15.3. The molecule has 98 valence electrons. The average molecular weight is 260 g/mol. The summed E-state index contributed by atoms with van der Waals surface area (Å²) in [6.45, 7) is 0.372. The molecule has 7 heteroatoms. The molecule has 7 nitrogen and oxygen atoms in total. The van der Waals surface area contributed by atoms with Gasteiger partial charge in [-0.1, -0.05) is 0 Å². The molecule has 2 N–H and O–H groups in total. The number of rotatable bonds is 4. The fourth-order valence-corrected chi connectivity index (χ4v) is 1.51. The number of amides is 1. The van der Waals surface area contributed by atoms with E-state index in [1.54, 1.807) is 23.0 Å². The Labute approximate surface area is 108 Å². The van der Waals surface area contributed by atoms with Crippen molar-refractivity contribution in [1.82, 2.24) is 20.1 Å². The van der Waals surface area contributed by atoms with Crippen LogP contribution in [0, 0.1) is 0 Å². The second kappa shape index (κ2) is 5.30. The number of hydrogen-bond donors (Lipinski definition) is 2. The average Bonchev–Trinajstić information content (AvgIpc) is 2.87. The Kier molecular flexibility index (Phi) is 3.56. The third-order valence-electron chi connectivity index (χ3n) is 2.50. The predicted octanol–water partition coefficient (Wildman–Crippen LogP) is 0.384. The highest BCUT2D eigenvalue weighted by Gasteiger charge is 2.08. The first-order chi connectivity index (χ1) is 9.10. The molecule has 1 amide bonds. The number of carbonyl (C=O) groups excluding carboxylic acids is 1. The Morgan fingerprint density at radius 1 is 1.37 bits per heavy atom. The summed E-state index contributed by atoms with van der Waals surface area (Å²) in [6, 6.07) is 4.70. The molecule has 0 fully saturated rings. The van der Waals surface area contributed by atoms with Crippen LogP contribution in [0.15, 0.2) is 30.6 Å². The Morgan fingerprint density at radius 2 is 2.16 bits per heavy atom. The van der Waals surface area contributed by atoms with Gasteiger partial charge in [0, 0.05) is 19.4 Å². The fourth-order valence-electron chi connectivity index (χ4n) is 1.51. The first kappa shape index (κ1) is 12.7. The highest BCUT2D eigenvalue weighted by molar-refractivity contribution is 5.91. The maximum absolute atomic E-state index is 11.3. The van der Waals surface area contributed by atoms with E-state index >= 15 is 0 Å². The van der Waals surface area contributed by atoms with Crippen molar-refractivity contribution in [3.63, 3.8) is 0 Å². The monoisotopic (exact) mass is 260 g/mol. The number of pyridine rings is 1. The van der Waals surface area contributed by atoms with Gasteiger partial charge in [0.15, 0.2) is 0 Å². The van der Waals surface area contributed by atoms with Crippen LogP contribution in [0.4, 0.5) is 0 Å². The number of nitrogens with zero attached hydrogens (tertiary/aromatic N) is 3. The van der Waals surface area contributed by atoms with Crippen LogP contribution in [-0.4, -0.2) is 38.8 Å². The van der Waals surface area contributed by atoms with Gasteiger partial charge in [-0.2, -0.15) is 5.10 Å². The molecule has 19 heavy (non-hydrogen) atoms. The van der Waals surface area contributed by atoms with Gasteiger partial charge < -0.3 is 10.4 Å². The third kappa shape index (κ3) is 2.95. The van der Waals surface area contributed by atoms with Crippen LogP contribution in [0.3, 0.4) is 0 Å². The van der Waals surface area contributed by atoms with Gasteiger partial charge in [-0.05, 0) is 18.2 Å². The maximum atomic E-state index is 11.3. The van der Waals surface area contributed by atoms with Gasteiger partial charge in [0.2, 0.25) is 0 Å². The second-order valence-electron chi connectivity index (χ2n) is 3.82. The third-order valence-corrected chi connectivity index (χ3v) is 2.50. The molecule has 2 aromatic rings. The van der Waals surface area contributed by atoms with Crippen molar-refractivity contribution < 1.29 is 14.7 Å². The number of nitrogens with one attached hydrogen (secondary N) is 1. The minimum Gasteiger partial charge on any atom is -0.478 e. The lowest BCUT2D eigenvalue weighted by Crippen LogP contribution is -2.18. The molecule has 0 saturated carbocycles. The lowest BCUT2D eigenvalue weighted by Gasteiger charge is -2.01. The van der Waals surface area contributed by atoms with Gasteiger partial charge in [-0.3, -0.25) is 14.5 Å². The Bertz CT molecular complexity index is 604. The topological polar surface area (TPSA) is 97.1 Å². The van der Waals surface area contributed by atoms with Crippen molar-refractivity contribution in [2.45, 2.75) is 6.54 Å². The molecule has 0 aliphatic heterocycles. The molecular formula is C12H12N4O3. The quantitative estimate of drug-likeness (QED) is 0.828. The molecule has 0 aliphatic carbocycles. The molecule has 0 spiro atoms. The number of carboxylic acids is 1. The standard InChI is InChI=1S/C12H12N4O3/c1-13-11(17)10-4-5-16(15-10)7-9-3-2-8(6-14-9)12(18)19/h2-6H,7H2,1H3,(H,13,17)(H,18,19). The van der Waals surface area contributed by atoms with Crippen molar-refractivity contribution in [2.75, 3.05) is 7.05 Å². The fraction of sp³-hybridized carbons (Fsp3) is 0.167. The molecule has 0 radical (unpaired) electrons. The first-order valence-electron chi connectivity index (χ1n) is 5.54. The van der Waals surface area contributed by atoms with Gasteiger partial charge in [0.05, 0.1) is 17.8 Å². The van der Waals surface area contributed by atoms with Gasteiger partial charge in [-0.15, -0.1) is 0 Å². The van der Waals surface area contributed by atoms with Crippen LogP contribution >= 0.6 is 0 Å². The molecule has 0 bridgehead atoms. The molecule has 2 aromatic heterocycles. The van der Waals surface area contributed by atoms with Gasteiger partial charge in [-0.25, -0.2) is 4.79 Å². The number of aromatic nitrogens is 3. The van der Waals surface area contributed by atoms with E-state index < -0.39 is 5.97 Å². The Morgan fingerprint density at radius 3 is 2.74 bits per heavy atom. The largest absolute Gasteiger partial charge is 0.478 e. The predicted molar refractivity (Wildman–Crippen MR) is 65.9 cm³/mol. The minimum atomic E-state index is -1.01. The SMILES string of the molecule is CNC(=O)c1ccn(Cc2ccc(C(=O)O)cn2)n1. The molecular weight excluding hydrogens is 248 g/mol. The van der Waals surface area contributed by atoms with Crippen molar-refractivity contribution >= 4 is 11.9 Å². The van der Waals surface area contributed by atoms with Crippen molar-refractivity contribution in [1.29, 1.82) is 0 Å². The van der Waals surface area contributed by atoms with E-state index in [0.29, 0.717) is 17.9 Å². The van der Waals surface area contributed by atoms with Crippen LogP contribution in [0.1, 0.15) is 26.5 Å². The lowest BCUT2D eigenvalue weighted by atomic mass is 10.2. The number of aromatic carboxylic acids is 1. The Balaban J connectivity index is 2.10. The summed E-state index contributed by atoms with van der Waals surface area (Å²) in [4.78, 5) is 26.0. The zero-order chi connectivity index (χ0) is 13.8. The molecule has 2 rings (SSSR count). The van der Waals surface area contributed by atoms with Crippen LogP contribution in [0.2, 0.25) is 0 Å². The number of carbonyl (C=O) groups is 2. The summed E-state index contributed by atoms with van der Waals surface area (Å²) in [5.41, 5.74) is 1.12. The van der Waals surface area contributed by atoms with E-state index in [0.717, 1.165) is 0 Å². The Hall–Kier alpha value is -2.70. The van der Waals surface area contributed by atoms with E-state index in [1.165, 1.54) is 19.3 Å². The summed E-state index contributed by atoms with van der Waals surface area (Å²) >= 11 is 0. The summed E-state index contributed by atoms with van der Waals surface area (Å²) < 4.78 is 1.56. The van der Waals surface area contributed by atoms with Crippen LogP contribution in [0.25, 0.3) is 0 Å².